The summed E-state index contributed by atoms with van der Waals surface area (Å²) in [5.74, 6) is 3.28. The molecule has 0 N–H and O–H groups in total. The number of hydrogen-bond donors (Lipinski definition) is 0. The SMILES string of the molecule is O=C(CC1CCCC1)N1CCC(c2nnc3ccc(N4CCCC4)nn23)CC1. The highest BCUT2D eigenvalue weighted by Gasteiger charge is 2.29. The second-order valence-corrected chi connectivity index (χ2v) is 8.72. The predicted octanol–water partition coefficient (Wildman–Crippen LogP) is 3.01. The molecule has 0 unspecified atom stereocenters. The van der Waals surface area contributed by atoms with Gasteiger partial charge in [0.25, 0.3) is 0 Å². The number of hydrogen-bond acceptors (Lipinski definition) is 5. The number of aromatic nitrogens is 4. The minimum atomic E-state index is 0.326. The van der Waals surface area contributed by atoms with Gasteiger partial charge in [-0.15, -0.1) is 15.3 Å². The van der Waals surface area contributed by atoms with Crippen molar-refractivity contribution in [2.45, 2.75) is 63.7 Å². The normalized spacial score (nSPS) is 21.9. The van der Waals surface area contributed by atoms with E-state index in [1.807, 2.05) is 10.6 Å². The first-order valence-corrected chi connectivity index (χ1v) is 11.0. The van der Waals surface area contributed by atoms with Crippen molar-refractivity contribution in [2.75, 3.05) is 31.1 Å². The van der Waals surface area contributed by atoms with Crippen molar-refractivity contribution in [1.29, 1.82) is 0 Å². The van der Waals surface area contributed by atoms with Gasteiger partial charge in [0.1, 0.15) is 5.82 Å². The minimum Gasteiger partial charge on any atom is -0.355 e. The maximum atomic E-state index is 12.6. The largest absolute Gasteiger partial charge is 0.355 e. The lowest BCUT2D eigenvalue weighted by Crippen LogP contribution is -2.38. The van der Waals surface area contributed by atoms with E-state index in [9.17, 15) is 4.79 Å². The van der Waals surface area contributed by atoms with E-state index in [1.165, 1.54) is 38.5 Å². The molecular formula is C21H30N6O. The Kier molecular flexibility index (Phi) is 4.91. The van der Waals surface area contributed by atoms with Gasteiger partial charge in [0.05, 0.1) is 0 Å². The Morgan fingerprint density at radius 3 is 2.43 bits per heavy atom. The summed E-state index contributed by atoms with van der Waals surface area (Å²) in [7, 11) is 0. The van der Waals surface area contributed by atoms with E-state index in [2.05, 4.69) is 26.1 Å². The van der Waals surface area contributed by atoms with Crippen molar-refractivity contribution >= 4 is 17.4 Å². The molecule has 5 rings (SSSR count). The van der Waals surface area contributed by atoms with Crippen LogP contribution < -0.4 is 4.90 Å². The Balaban J connectivity index is 1.26. The third-order valence-corrected chi connectivity index (χ3v) is 6.85. The molecule has 2 aliphatic heterocycles. The fourth-order valence-corrected chi connectivity index (χ4v) is 5.14. The molecule has 3 fully saturated rings. The Labute approximate surface area is 166 Å². The van der Waals surface area contributed by atoms with Crippen LogP contribution in [0.4, 0.5) is 5.82 Å². The van der Waals surface area contributed by atoms with Gasteiger partial charge < -0.3 is 9.80 Å². The highest BCUT2D eigenvalue weighted by Crippen LogP contribution is 2.31. The maximum absolute atomic E-state index is 12.6. The van der Waals surface area contributed by atoms with E-state index in [0.29, 0.717) is 17.7 Å². The van der Waals surface area contributed by atoms with Gasteiger partial charge in [-0.1, -0.05) is 12.8 Å². The summed E-state index contributed by atoms with van der Waals surface area (Å²) in [6, 6.07) is 4.08. The van der Waals surface area contributed by atoms with E-state index in [-0.39, 0.29) is 0 Å². The third-order valence-electron chi connectivity index (χ3n) is 6.85. The molecule has 1 aliphatic carbocycles. The van der Waals surface area contributed by atoms with Gasteiger partial charge in [-0.25, -0.2) is 0 Å². The molecular weight excluding hydrogens is 352 g/mol. The van der Waals surface area contributed by atoms with Crippen LogP contribution in [0.2, 0.25) is 0 Å². The number of likely N-dealkylation sites (tertiary alicyclic amines) is 1. The van der Waals surface area contributed by atoms with Crippen LogP contribution in [0.15, 0.2) is 12.1 Å². The molecule has 4 heterocycles. The number of nitrogens with zero attached hydrogens (tertiary/aromatic N) is 6. The number of carbonyl (C=O) groups is 1. The number of piperidine rings is 1. The Hall–Kier alpha value is -2.18. The zero-order valence-electron chi connectivity index (χ0n) is 16.6. The van der Waals surface area contributed by atoms with E-state index < -0.39 is 0 Å². The van der Waals surface area contributed by atoms with Crippen LogP contribution >= 0.6 is 0 Å². The molecule has 28 heavy (non-hydrogen) atoms. The van der Waals surface area contributed by atoms with E-state index >= 15 is 0 Å². The molecule has 0 aromatic carbocycles. The highest BCUT2D eigenvalue weighted by atomic mass is 16.2. The summed E-state index contributed by atoms with van der Waals surface area (Å²) in [6.45, 7) is 3.82. The summed E-state index contributed by atoms with van der Waals surface area (Å²) < 4.78 is 1.94. The first-order valence-electron chi connectivity index (χ1n) is 11.0. The van der Waals surface area contributed by atoms with Crippen molar-refractivity contribution < 1.29 is 4.79 Å². The monoisotopic (exact) mass is 382 g/mol. The van der Waals surface area contributed by atoms with Crippen LogP contribution in [0.1, 0.15) is 69.5 Å². The number of rotatable bonds is 4. The maximum Gasteiger partial charge on any atom is 0.222 e. The molecule has 7 heteroatoms. The van der Waals surface area contributed by atoms with E-state index in [1.54, 1.807) is 0 Å². The molecule has 2 aromatic heterocycles. The van der Waals surface area contributed by atoms with Gasteiger partial charge in [0, 0.05) is 38.5 Å². The first kappa shape index (κ1) is 17.9. The molecule has 0 spiro atoms. The average Bonchev–Trinajstić information content (AvgIpc) is 3.49. The van der Waals surface area contributed by atoms with Gasteiger partial charge in [-0.3, -0.25) is 4.79 Å². The van der Waals surface area contributed by atoms with Gasteiger partial charge in [-0.05, 0) is 56.6 Å². The zero-order chi connectivity index (χ0) is 18.9. The van der Waals surface area contributed by atoms with Crippen molar-refractivity contribution in [3.63, 3.8) is 0 Å². The van der Waals surface area contributed by atoms with Crippen LogP contribution in [-0.2, 0) is 4.79 Å². The quantitative estimate of drug-likeness (QED) is 0.813. The number of carbonyl (C=O) groups excluding carboxylic acids is 1. The number of amides is 1. The molecule has 0 radical (unpaired) electrons. The van der Waals surface area contributed by atoms with Crippen LogP contribution in [0.3, 0.4) is 0 Å². The fraction of sp³-hybridized carbons (Fsp3) is 0.714. The van der Waals surface area contributed by atoms with Crippen molar-refractivity contribution in [3.8, 4) is 0 Å². The van der Waals surface area contributed by atoms with Crippen LogP contribution in [-0.4, -0.2) is 56.8 Å². The minimum absolute atomic E-state index is 0.326. The van der Waals surface area contributed by atoms with E-state index in [4.69, 9.17) is 5.10 Å². The van der Waals surface area contributed by atoms with E-state index in [0.717, 1.165) is 62.7 Å². The lowest BCUT2D eigenvalue weighted by Gasteiger charge is -2.32. The lowest BCUT2D eigenvalue weighted by atomic mass is 9.95. The zero-order valence-corrected chi connectivity index (χ0v) is 16.6. The number of fused-ring (bicyclic) bond motifs is 1. The van der Waals surface area contributed by atoms with Crippen LogP contribution in [0.5, 0.6) is 0 Å². The molecule has 3 aliphatic rings. The predicted molar refractivity (Wildman–Crippen MR) is 107 cm³/mol. The Bertz CT molecular complexity index is 829. The number of anilines is 1. The molecule has 1 saturated carbocycles. The van der Waals surface area contributed by atoms with Crippen LogP contribution in [0.25, 0.3) is 5.65 Å². The fourth-order valence-electron chi connectivity index (χ4n) is 5.14. The molecule has 1 amide bonds. The summed E-state index contributed by atoms with van der Waals surface area (Å²) in [5, 5.41) is 13.7. The summed E-state index contributed by atoms with van der Waals surface area (Å²) >= 11 is 0. The van der Waals surface area contributed by atoms with Crippen molar-refractivity contribution in [1.82, 2.24) is 24.7 Å². The summed E-state index contributed by atoms with van der Waals surface area (Å²) in [4.78, 5) is 17.0. The smallest absolute Gasteiger partial charge is 0.222 e. The standard InChI is InChI=1S/C21H30N6O/c28-20(15-16-5-1-2-6-16)26-13-9-17(10-14-26)21-23-22-18-7-8-19(24-27(18)21)25-11-3-4-12-25/h7-8,16-17H,1-6,9-15H2. The average molecular weight is 383 g/mol. The van der Waals surface area contributed by atoms with Gasteiger partial charge >= 0.3 is 0 Å². The topological polar surface area (TPSA) is 66.6 Å². The lowest BCUT2D eigenvalue weighted by molar-refractivity contribution is -0.133. The van der Waals surface area contributed by atoms with Gasteiger partial charge in [0.2, 0.25) is 5.91 Å². The first-order chi connectivity index (χ1) is 13.8. The molecule has 150 valence electrons. The van der Waals surface area contributed by atoms with Crippen molar-refractivity contribution in [2.24, 2.45) is 5.92 Å². The molecule has 7 nitrogen and oxygen atoms in total. The third kappa shape index (κ3) is 3.47. The van der Waals surface area contributed by atoms with Crippen LogP contribution in [0, 0.1) is 5.92 Å². The highest BCUT2D eigenvalue weighted by molar-refractivity contribution is 5.76. The second-order valence-electron chi connectivity index (χ2n) is 8.72. The summed E-state index contributed by atoms with van der Waals surface area (Å²) in [6.07, 6.45) is 10.2. The summed E-state index contributed by atoms with van der Waals surface area (Å²) in [5.41, 5.74) is 0.817. The molecule has 0 atom stereocenters. The molecule has 2 aromatic rings. The molecule has 2 saturated heterocycles. The van der Waals surface area contributed by atoms with Crippen molar-refractivity contribution in [3.05, 3.63) is 18.0 Å². The van der Waals surface area contributed by atoms with Gasteiger partial charge in [-0.2, -0.15) is 4.52 Å². The molecule has 0 bridgehead atoms. The second kappa shape index (κ2) is 7.68. The Morgan fingerprint density at radius 1 is 0.929 bits per heavy atom. The van der Waals surface area contributed by atoms with Gasteiger partial charge in [0.15, 0.2) is 11.5 Å². The Morgan fingerprint density at radius 2 is 1.68 bits per heavy atom.